The number of carboxylic acids is 1. The van der Waals surface area contributed by atoms with E-state index in [0.29, 0.717) is 6.07 Å². The van der Waals surface area contributed by atoms with Crippen molar-refractivity contribution in [3.63, 3.8) is 0 Å². The van der Waals surface area contributed by atoms with Crippen LogP contribution in [-0.2, 0) is 11.2 Å². The molecule has 0 amide bonds. The van der Waals surface area contributed by atoms with Crippen LogP contribution >= 0.6 is 0 Å². The number of carbonyl (C=O) groups is 1. The smallest absolute Gasteiger partial charge is 0.303 e. The van der Waals surface area contributed by atoms with E-state index >= 15 is 0 Å². The Balaban J connectivity index is 2.81. The van der Waals surface area contributed by atoms with Crippen LogP contribution in [0.2, 0.25) is 0 Å². The second kappa shape index (κ2) is 5.01. The molecule has 0 aliphatic heterocycles. The van der Waals surface area contributed by atoms with Crippen molar-refractivity contribution < 1.29 is 23.1 Å². The highest BCUT2D eigenvalue weighted by molar-refractivity contribution is 5.67. The number of hydrogen-bond donors (Lipinski definition) is 1. The van der Waals surface area contributed by atoms with Gasteiger partial charge >= 0.3 is 5.97 Å². The highest BCUT2D eigenvalue weighted by atomic mass is 19.2. The van der Waals surface area contributed by atoms with E-state index < -0.39 is 23.4 Å². The van der Waals surface area contributed by atoms with Crippen LogP contribution < -0.4 is 0 Å². The minimum absolute atomic E-state index is 0.00681. The predicted octanol–water partition coefficient (Wildman–Crippen LogP) is 2.76. The van der Waals surface area contributed by atoms with E-state index in [9.17, 15) is 18.0 Å². The lowest BCUT2D eigenvalue weighted by molar-refractivity contribution is -0.137. The quantitative estimate of drug-likeness (QED) is 0.810. The Hall–Kier alpha value is -1.52. The standard InChI is InChI=1S/C11H11F3O2/c1-6(3-11(15)16)2-7-4-9(13)10(14)5-8(7)12/h4-6H,2-3H2,1H3,(H,15,16)/t6-/m1/s1. The van der Waals surface area contributed by atoms with Gasteiger partial charge in [-0.25, -0.2) is 13.2 Å². The highest BCUT2D eigenvalue weighted by Crippen LogP contribution is 2.18. The van der Waals surface area contributed by atoms with Crippen molar-refractivity contribution in [2.75, 3.05) is 0 Å². The molecule has 0 fully saturated rings. The van der Waals surface area contributed by atoms with Gasteiger partial charge < -0.3 is 5.11 Å². The third-order valence-corrected chi connectivity index (χ3v) is 2.18. The largest absolute Gasteiger partial charge is 0.481 e. The lowest BCUT2D eigenvalue weighted by Crippen LogP contribution is -2.08. The van der Waals surface area contributed by atoms with Gasteiger partial charge in [-0.05, 0) is 24.0 Å². The van der Waals surface area contributed by atoms with Gasteiger partial charge in [0.05, 0.1) is 0 Å². The van der Waals surface area contributed by atoms with Crippen molar-refractivity contribution in [2.24, 2.45) is 5.92 Å². The Morgan fingerprint density at radius 1 is 1.25 bits per heavy atom. The molecule has 0 aliphatic carbocycles. The molecule has 1 N–H and O–H groups in total. The van der Waals surface area contributed by atoms with Crippen LogP contribution in [-0.4, -0.2) is 11.1 Å². The first-order chi connectivity index (χ1) is 7.40. The molecule has 0 aromatic heterocycles. The van der Waals surface area contributed by atoms with Gasteiger partial charge in [0, 0.05) is 12.5 Å². The second-order valence-electron chi connectivity index (χ2n) is 3.76. The van der Waals surface area contributed by atoms with E-state index in [1.54, 1.807) is 6.92 Å². The molecule has 1 aromatic carbocycles. The third kappa shape index (κ3) is 3.25. The van der Waals surface area contributed by atoms with Gasteiger partial charge in [0.25, 0.3) is 0 Å². The molecule has 1 rings (SSSR count). The van der Waals surface area contributed by atoms with Gasteiger partial charge in [-0.2, -0.15) is 0 Å². The van der Waals surface area contributed by atoms with Crippen LogP contribution in [0, 0.1) is 23.4 Å². The summed E-state index contributed by atoms with van der Waals surface area (Å²) < 4.78 is 38.6. The van der Waals surface area contributed by atoms with E-state index in [0.717, 1.165) is 6.07 Å². The van der Waals surface area contributed by atoms with Crippen LogP contribution in [0.4, 0.5) is 13.2 Å². The lowest BCUT2D eigenvalue weighted by atomic mass is 9.97. The lowest BCUT2D eigenvalue weighted by Gasteiger charge is -2.09. The summed E-state index contributed by atoms with van der Waals surface area (Å²) in [6, 6.07) is 1.24. The van der Waals surface area contributed by atoms with Gasteiger partial charge in [-0.3, -0.25) is 4.79 Å². The number of halogens is 3. The second-order valence-corrected chi connectivity index (χ2v) is 3.76. The van der Waals surface area contributed by atoms with Crippen molar-refractivity contribution in [1.29, 1.82) is 0 Å². The van der Waals surface area contributed by atoms with Crippen LogP contribution in [0.1, 0.15) is 18.9 Å². The first-order valence-electron chi connectivity index (χ1n) is 4.75. The topological polar surface area (TPSA) is 37.3 Å². The Morgan fingerprint density at radius 2 is 1.81 bits per heavy atom. The third-order valence-electron chi connectivity index (χ3n) is 2.18. The fourth-order valence-electron chi connectivity index (χ4n) is 1.47. The molecule has 0 saturated heterocycles. The SMILES string of the molecule is C[C@@H](CC(=O)O)Cc1cc(F)c(F)cc1F. The van der Waals surface area contributed by atoms with Gasteiger partial charge in [-0.15, -0.1) is 0 Å². The zero-order chi connectivity index (χ0) is 12.3. The summed E-state index contributed by atoms with van der Waals surface area (Å²) in [6.45, 7) is 1.61. The Labute approximate surface area is 90.7 Å². The summed E-state index contributed by atoms with van der Waals surface area (Å²) in [7, 11) is 0. The summed E-state index contributed by atoms with van der Waals surface area (Å²) in [5.41, 5.74) is -0.00681. The summed E-state index contributed by atoms with van der Waals surface area (Å²) in [5, 5.41) is 8.50. The van der Waals surface area contributed by atoms with Crippen molar-refractivity contribution in [3.8, 4) is 0 Å². The summed E-state index contributed by atoms with van der Waals surface area (Å²) in [4.78, 5) is 10.4. The van der Waals surface area contributed by atoms with Gasteiger partial charge in [0.2, 0.25) is 0 Å². The zero-order valence-corrected chi connectivity index (χ0v) is 8.64. The zero-order valence-electron chi connectivity index (χ0n) is 8.64. The molecule has 0 unspecified atom stereocenters. The van der Waals surface area contributed by atoms with E-state index in [-0.39, 0.29) is 24.3 Å². The van der Waals surface area contributed by atoms with Crippen LogP contribution in [0.3, 0.4) is 0 Å². The summed E-state index contributed by atoms with van der Waals surface area (Å²) in [5.74, 6) is -4.56. The average molecular weight is 232 g/mol. The fraction of sp³-hybridized carbons (Fsp3) is 0.364. The molecule has 1 atom stereocenters. The summed E-state index contributed by atoms with van der Waals surface area (Å²) in [6.07, 6.45) is -0.0756. The number of rotatable bonds is 4. The van der Waals surface area contributed by atoms with E-state index in [1.807, 2.05) is 0 Å². The van der Waals surface area contributed by atoms with Crippen molar-refractivity contribution in [3.05, 3.63) is 35.1 Å². The first-order valence-corrected chi connectivity index (χ1v) is 4.75. The molecule has 0 saturated carbocycles. The Bertz CT molecular complexity index is 404. The van der Waals surface area contributed by atoms with Crippen molar-refractivity contribution in [1.82, 2.24) is 0 Å². The summed E-state index contributed by atoms with van der Waals surface area (Å²) >= 11 is 0. The monoisotopic (exact) mass is 232 g/mol. The fourth-order valence-corrected chi connectivity index (χ4v) is 1.47. The molecule has 0 heterocycles. The van der Waals surface area contributed by atoms with Crippen molar-refractivity contribution >= 4 is 5.97 Å². The molecule has 0 bridgehead atoms. The average Bonchev–Trinajstić information content (AvgIpc) is 2.12. The molecule has 0 spiro atoms. The molecule has 16 heavy (non-hydrogen) atoms. The number of aliphatic carboxylic acids is 1. The van der Waals surface area contributed by atoms with Gasteiger partial charge in [0.1, 0.15) is 5.82 Å². The van der Waals surface area contributed by atoms with Gasteiger partial charge in [0.15, 0.2) is 11.6 Å². The maximum absolute atomic E-state index is 13.2. The van der Waals surface area contributed by atoms with E-state index in [1.165, 1.54) is 0 Å². The molecular weight excluding hydrogens is 221 g/mol. The molecule has 2 nitrogen and oxygen atoms in total. The Kier molecular flexibility index (Phi) is 3.93. The Morgan fingerprint density at radius 3 is 2.38 bits per heavy atom. The number of hydrogen-bond acceptors (Lipinski definition) is 1. The highest BCUT2D eigenvalue weighted by Gasteiger charge is 2.14. The van der Waals surface area contributed by atoms with Crippen molar-refractivity contribution in [2.45, 2.75) is 19.8 Å². The van der Waals surface area contributed by atoms with E-state index in [4.69, 9.17) is 5.11 Å². The normalized spacial score (nSPS) is 12.5. The van der Waals surface area contributed by atoms with Crippen LogP contribution in [0.5, 0.6) is 0 Å². The minimum Gasteiger partial charge on any atom is -0.481 e. The number of benzene rings is 1. The maximum atomic E-state index is 13.2. The minimum atomic E-state index is -1.24. The van der Waals surface area contributed by atoms with E-state index in [2.05, 4.69) is 0 Å². The molecular formula is C11H11F3O2. The predicted molar refractivity (Wildman–Crippen MR) is 51.4 cm³/mol. The maximum Gasteiger partial charge on any atom is 0.303 e. The van der Waals surface area contributed by atoms with Crippen LogP contribution in [0.15, 0.2) is 12.1 Å². The first kappa shape index (κ1) is 12.5. The van der Waals surface area contributed by atoms with Gasteiger partial charge in [-0.1, -0.05) is 6.92 Å². The molecule has 1 aromatic rings. The molecule has 0 aliphatic rings. The molecule has 88 valence electrons. The molecule has 5 heteroatoms. The number of carboxylic acid groups (broad SMARTS) is 1. The van der Waals surface area contributed by atoms with Crippen LogP contribution in [0.25, 0.3) is 0 Å². The molecule has 0 radical (unpaired) electrons.